The van der Waals surface area contributed by atoms with Crippen molar-refractivity contribution in [2.45, 2.75) is 39.5 Å². The second kappa shape index (κ2) is 9.93. The highest BCUT2D eigenvalue weighted by Gasteiger charge is 2.21. The maximum Gasteiger partial charge on any atom is 0.191 e. The van der Waals surface area contributed by atoms with Gasteiger partial charge in [0.05, 0.1) is 0 Å². The molecule has 0 bridgehead atoms. The van der Waals surface area contributed by atoms with Gasteiger partial charge in [0, 0.05) is 32.1 Å². The largest absolute Gasteiger partial charge is 0.357 e. The molecular weight excluding hydrogens is 304 g/mol. The molecular formula is C18H32N4S. The first kappa shape index (κ1) is 18.3. The molecule has 2 unspecified atom stereocenters. The first-order valence-electron chi connectivity index (χ1n) is 8.99. The summed E-state index contributed by atoms with van der Waals surface area (Å²) in [5.74, 6) is 2.19. The second-order valence-electron chi connectivity index (χ2n) is 6.51. The highest BCUT2D eigenvalue weighted by atomic mass is 32.1. The first-order chi connectivity index (χ1) is 11.2. The van der Waals surface area contributed by atoms with E-state index in [4.69, 9.17) is 4.99 Å². The normalized spacial score (nSPS) is 20.7. The Kier molecular flexibility index (Phi) is 7.89. The van der Waals surface area contributed by atoms with E-state index in [9.17, 15) is 0 Å². The van der Waals surface area contributed by atoms with Gasteiger partial charge >= 0.3 is 0 Å². The average molecular weight is 337 g/mol. The van der Waals surface area contributed by atoms with Crippen molar-refractivity contribution < 1.29 is 0 Å². The number of hydrogen-bond donors (Lipinski definition) is 2. The summed E-state index contributed by atoms with van der Waals surface area (Å²) >= 11 is 1.76. The number of nitrogens with one attached hydrogen (secondary N) is 2. The molecule has 2 N–H and O–H groups in total. The molecule has 23 heavy (non-hydrogen) atoms. The van der Waals surface area contributed by atoms with Crippen LogP contribution in [0.5, 0.6) is 0 Å². The third-order valence-corrected chi connectivity index (χ3v) is 5.15. The molecule has 130 valence electrons. The Morgan fingerprint density at radius 2 is 2.30 bits per heavy atom. The van der Waals surface area contributed by atoms with Crippen molar-refractivity contribution in [2.24, 2.45) is 10.9 Å². The van der Waals surface area contributed by atoms with Crippen LogP contribution in [0, 0.1) is 5.92 Å². The highest BCUT2D eigenvalue weighted by Crippen LogP contribution is 2.18. The topological polar surface area (TPSA) is 39.7 Å². The molecule has 0 amide bonds. The summed E-state index contributed by atoms with van der Waals surface area (Å²) in [5, 5.41) is 11.3. The molecule has 0 radical (unpaired) electrons. The van der Waals surface area contributed by atoms with E-state index in [1.807, 2.05) is 0 Å². The van der Waals surface area contributed by atoms with Crippen molar-refractivity contribution >= 4 is 17.3 Å². The van der Waals surface area contributed by atoms with Crippen molar-refractivity contribution in [1.82, 2.24) is 15.5 Å². The fourth-order valence-corrected chi connectivity index (χ4v) is 3.85. The average Bonchev–Trinajstić information content (AvgIpc) is 3.22. The monoisotopic (exact) mass is 336 g/mol. The van der Waals surface area contributed by atoms with Gasteiger partial charge in [-0.2, -0.15) is 11.3 Å². The SMILES string of the molecule is CCCN1CCC(CNC(=NCC(C)c2ccsc2)NCC)C1. The molecule has 2 atom stereocenters. The fourth-order valence-electron chi connectivity index (χ4n) is 3.07. The minimum absolute atomic E-state index is 0.475. The minimum atomic E-state index is 0.475. The molecule has 5 heteroatoms. The standard InChI is InChI=1S/C18H32N4S/c1-4-8-22-9-6-16(13-22)12-21-18(19-5-2)20-11-15(3)17-7-10-23-14-17/h7,10,14-16H,4-6,8-9,11-13H2,1-3H3,(H2,19,20,21). The maximum absolute atomic E-state index is 4.77. The van der Waals surface area contributed by atoms with Gasteiger partial charge in [-0.15, -0.1) is 0 Å². The number of thiophene rings is 1. The van der Waals surface area contributed by atoms with Gasteiger partial charge in [0.25, 0.3) is 0 Å². The van der Waals surface area contributed by atoms with Crippen molar-refractivity contribution in [2.75, 3.05) is 39.3 Å². The Bertz CT molecular complexity index is 458. The molecule has 1 aliphatic heterocycles. The summed E-state index contributed by atoms with van der Waals surface area (Å²) in [6.45, 7) is 13.1. The van der Waals surface area contributed by atoms with Gasteiger partial charge in [0.2, 0.25) is 0 Å². The molecule has 1 saturated heterocycles. The van der Waals surface area contributed by atoms with Crippen LogP contribution in [0.2, 0.25) is 0 Å². The lowest BCUT2D eigenvalue weighted by Crippen LogP contribution is -2.40. The van der Waals surface area contributed by atoms with Crippen LogP contribution in [0.1, 0.15) is 45.1 Å². The summed E-state index contributed by atoms with van der Waals surface area (Å²) < 4.78 is 0. The van der Waals surface area contributed by atoms with Crippen molar-refractivity contribution in [3.63, 3.8) is 0 Å². The third-order valence-electron chi connectivity index (χ3n) is 4.45. The van der Waals surface area contributed by atoms with Gasteiger partial charge in [-0.1, -0.05) is 13.8 Å². The van der Waals surface area contributed by atoms with Crippen LogP contribution >= 0.6 is 11.3 Å². The summed E-state index contributed by atoms with van der Waals surface area (Å²) in [6, 6.07) is 2.20. The molecule has 0 saturated carbocycles. The van der Waals surface area contributed by atoms with Crippen molar-refractivity contribution in [1.29, 1.82) is 0 Å². The zero-order valence-electron chi connectivity index (χ0n) is 14.8. The van der Waals surface area contributed by atoms with E-state index in [1.54, 1.807) is 11.3 Å². The molecule has 0 aliphatic carbocycles. The number of likely N-dealkylation sites (tertiary alicyclic amines) is 1. The Balaban J connectivity index is 1.78. The molecule has 0 spiro atoms. The lowest BCUT2D eigenvalue weighted by atomic mass is 10.1. The van der Waals surface area contributed by atoms with E-state index in [0.29, 0.717) is 5.92 Å². The van der Waals surface area contributed by atoms with E-state index in [1.165, 1.54) is 38.0 Å². The van der Waals surface area contributed by atoms with Gasteiger partial charge in [-0.25, -0.2) is 0 Å². The highest BCUT2D eigenvalue weighted by molar-refractivity contribution is 7.07. The molecule has 1 aliphatic rings. The summed E-state index contributed by atoms with van der Waals surface area (Å²) in [5.41, 5.74) is 1.39. The van der Waals surface area contributed by atoms with Gasteiger partial charge < -0.3 is 15.5 Å². The molecule has 1 aromatic heterocycles. The van der Waals surface area contributed by atoms with Crippen LogP contribution in [0.4, 0.5) is 0 Å². The Labute approximate surface area is 145 Å². The van der Waals surface area contributed by atoms with E-state index in [-0.39, 0.29) is 0 Å². The second-order valence-corrected chi connectivity index (χ2v) is 7.29. The predicted octanol–water partition coefficient (Wildman–Crippen LogP) is 3.14. The van der Waals surface area contributed by atoms with Crippen LogP contribution in [0.25, 0.3) is 0 Å². The Hall–Kier alpha value is -1.07. The van der Waals surface area contributed by atoms with E-state index in [0.717, 1.165) is 31.5 Å². The van der Waals surface area contributed by atoms with E-state index < -0.39 is 0 Å². The molecule has 4 nitrogen and oxygen atoms in total. The molecule has 2 heterocycles. The number of hydrogen-bond acceptors (Lipinski definition) is 3. The lowest BCUT2D eigenvalue weighted by Gasteiger charge is -2.17. The van der Waals surface area contributed by atoms with Gasteiger partial charge in [0.15, 0.2) is 5.96 Å². The Morgan fingerprint density at radius 1 is 1.43 bits per heavy atom. The van der Waals surface area contributed by atoms with Gasteiger partial charge in [-0.3, -0.25) is 4.99 Å². The number of rotatable bonds is 8. The minimum Gasteiger partial charge on any atom is -0.357 e. The summed E-state index contributed by atoms with van der Waals surface area (Å²) in [7, 11) is 0. The smallest absolute Gasteiger partial charge is 0.191 e. The summed E-state index contributed by atoms with van der Waals surface area (Å²) in [6.07, 6.45) is 2.56. The zero-order chi connectivity index (χ0) is 16.5. The number of guanidine groups is 1. The maximum atomic E-state index is 4.77. The number of aliphatic imine (C=N–C) groups is 1. The van der Waals surface area contributed by atoms with E-state index >= 15 is 0 Å². The molecule has 1 fully saturated rings. The Morgan fingerprint density at radius 3 is 3.00 bits per heavy atom. The molecule has 0 aromatic carbocycles. The van der Waals surface area contributed by atoms with Crippen molar-refractivity contribution in [3.05, 3.63) is 22.4 Å². The lowest BCUT2D eigenvalue weighted by molar-refractivity contribution is 0.324. The fraction of sp³-hybridized carbons (Fsp3) is 0.722. The van der Waals surface area contributed by atoms with Crippen LogP contribution < -0.4 is 10.6 Å². The predicted molar refractivity (Wildman–Crippen MR) is 102 cm³/mol. The zero-order valence-corrected chi connectivity index (χ0v) is 15.7. The third kappa shape index (κ3) is 6.15. The van der Waals surface area contributed by atoms with E-state index in [2.05, 4.69) is 53.1 Å². The van der Waals surface area contributed by atoms with Gasteiger partial charge in [0.1, 0.15) is 0 Å². The molecule has 1 aromatic rings. The van der Waals surface area contributed by atoms with Crippen LogP contribution in [0.3, 0.4) is 0 Å². The molecule has 2 rings (SSSR count). The number of nitrogens with zero attached hydrogens (tertiary/aromatic N) is 2. The van der Waals surface area contributed by atoms with Crippen molar-refractivity contribution in [3.8, 4) is 0 Å². The van der Waals surface area contributed by atoms with Crippen LogP contribution in [-0.4, -0.2) is 50.1 Å². The quantitative estimate of drug-likeness (QED) is 0.566. The van der Waals surface area contributed by atoms with Gasteiger partial charge in [-0.05, 0) is 61.2 Å². The van der Waals surface area contributed by atoms with Crippen LogP contribution in [-0.2, 0) is 0 Å². The summed E-state index contributed by atoms with van der Waals surface area (Å²) in [4.78, 5) is 7.35. The first-order valence-corrected chi connectivity index (χ1v) is 9.93. The van der Waals surface area contributed by atoms with Crippen LogP contribution in [0.15, 0.2) is 21.8 Å².